The van der Waals surface area contributed by atoms with Crippen LogP contribution < -0.4 is 16.0 Å². The Morgan fingerprint density at radius 2 is 1.95 bits per heavy atom. The third kappa shape index (κ3) is 5.21. The van der Waals surface area contributed by atoms with Crippen LogP contribution in [0.25, 0.3) is 0 Å². The Kier molecular flexibility index (Phi) is 5.97. The number of thiophene rings is 1. The van der Waals surface area contributed by atoms with Gasteiger partial charge in [-0.2, -0.15) is 11.3 Å². The number of carbonyl (C=O) groups is 2. The second kappa shape index (κ2) is 8.19. The van der Waals surface area contributed by atoms with E-state index in [1.807, 2.05) is 42.6 Å². The van der Waals surface area contributed by atoms with Crippen LogP contribution in [0.15, 0.2) is 47.2 Å². The molecular formula is C16H19N3O2S. The second-order valence-electron chi connectivity index (χ2n) is 4.91. The maximum atomic E-state index is 11.8. The highest BCUT2D eigenvalue weighted by molar-refractivity contribution is 7.08. The highest BCUT2D eigenvalue weighted by atomic mass is 32.1. The first-order chi connectivity index (χ1) is 10.6. The Morgan fingerprint density at radius 1 is 1.18 bits per heavy atom. The first-order valence-electron chi connectivity index (χ1n) is 7.04. The second-order valence-corrected chi connectivity index (χ2v) is 5.69. The van der Waals surface area contributed by atoms with Gasteiger partial charge < -0.3 is 16.0 Å². The van der Waals surface area contributed by atoms with E-state index >= 15 is 0 Å². The number of hydrogen-bond acceptors (Lipinski definition) is 4. The van der Waals surface area contributed by atoms with Crippen LogP contribution in [0.4, 0.5) is 5.69 Å². The smallest absolute Gasteiger partial charge is 0.252 e. The third-order valence-electron chi connectivity index (χ3n) is 2.99. The molecule has 0 aliphatic carbocycles. The van der Waals surface area contributed by atoms with Crippen LogP contribution in [-0.4, -0.2) is 30.9 Å². The topological polar surface area (TPSA) is 70.2 Å². The van der Waals surface area contributed by atoms with E-state index in [9.17, 15) is 9.59 Å². The van der Waals surface area contributed by atoms with Gasteiger partial charge >= 0.3 is 0 Å². The van der Waals surface area contributed by atoms with Crippen LogP contribution in [0.2, 0.25) is 0 Å². The van der Waals surface area contributed by atoms with Crippen LogP contribution in [0, 0.1) is 0 Å². The Morgan fingerprint density at radius 3 is 2.64 bits per heavy atom. The molecule has 0 radical (unpaired) electrons. The maximum Gasteiger partial charge on any atom is 0.252 e. The van der Waals surface area contributed by atoms with Crippen LogP contribution >= 0.6 is 11.3 Å². The lowest BCUT2D eigenvalue weighted by atomic mass is 10.3. The first kappa shape index (κ1) is 16.0. The van der Waals surface area contributed by atoms with Crippen molar-refractivity contribution in [3.63, 3.8) is 0 Å². The molecule has 1 heterocycles. The third-order valence-corrected chi connectivity index (χ3v) is 3.67. The van der Waals surface area contributed by atoms with Gasteiger partial charge in [-0.1, -0.05) is 18.2 Å². The van der Waals surface area contributed by atoms with Gasteiger partial charge in [-0.05, 0) is 30.5 Å². The Bertz CT molecular complexity index is 599. The van der Waals surface area contributed by atoms with Gasteiger partial charge in [0.2, 0.25) is 5.91 Å². The zero-order valence-electron chi connectivity index (χ0n) is 12.3. The number of nitrogens with one attached hydrogen (secondary N) is 3. The number of hydrogen-bond donors (Lipinski definition) is 3. The SMILES string of the molecule is C[C@H](CNc1ccccc1)NC(=O)CNC(=O)c1ccsc1. The molecule has 0 saturated carbocycles. The molecule has 3 N–H and O–H groups in total. The average molecular weight is 317 g/mol. The molecule has 22 heavy (non-hydrogen) atoms. The molecule has 5 nitrogen and oxygen atoms in total. The Labute approximate surface area is 133 Å². The quantitative estimate of drug-likeness (QED) is 0.732. The lowest BCUT2D eigenvalue weighted by Crippen LogP contribution is -2.43. The van der Waals surface area contributed by atoms with E-state index in [0.29, 0.717) is 12.1 Å². The van der Waals surface area contributed by atoms with E-state index < -0.39 is 0 Å². The van der Waals surface area contributed by atoms with Crippen molar-refractivity contribution in [1.82, 2.24) is 10.6 Å². The van der Waals surface area contributed by atoms with E-state index in [4.69, 9.17) is 0 Å². The molecule has 6 heteroatoms. The van der Waals surface area contributed by atoms with Crippen molar-refractivity contribution in [2.45, 2.75) is 13.0 Å². The number of amides is 2. The van der Waals surface area contributed by atoms with Crippen LogP contribution in [-0.2, 0) is 4.79 Å². The highest BCUT2D eigenvalue weighted by Crippen LogP contribution is 2.05. The number of rotatable bonds is 7. The molecule has 2 rings (SSSR count). The van der Waals surface area contributed by atoms with Crippen molar-refractivity contribution in [2.75, 3.05) is 18.4 Å². The normalized spacial score (nSPS) is 11.5. The minimum atomic E-state index is -0.230. The summed E-state index contributed by atoms with van der Waals surface area (Å²) in [4.78, 5) is 23.5. The summed E-state index contributed by atoms with van der Waals surface area (Å²) in [5, 5.41) is 12.2. The van der Waals surface area contributed by atoms with E-state index in [2.05, 4.69) is 16.0 Å². The Balaban J connectivity index is 1.67. The summed E-state index contributed by atoms with van der Waals surface area (Å²) in [5.74, 6) is -0.433. The predicted molar refractivity (Wildman–Crippen MR) is 89.2 cm³/mol. The minimum absolute atomic E-state index is 0.0235. The molecule has 0 unspecified atom stereocenters. The predicted octanol–water partition coefficient (Wildman–Crippen LogP) is 2.09. The van der Waals surface area contributed by atoms with Gasteiger partial charge in [0.25, 0.3) is 5.91 Å². The van der Waals surface area contributed by atoms with Gasteiger partial charge in [0.15, 0.2) is 0 Å². The molecular weight excluding hydrogens is 298 g/mol. The summed E-state index contributed by atoms with van der Waals surface area (Å²) < 4.78 is 0. The van der Waals surface area contributed by atoms with E-state index in [1.165, 1.54) is 11.3 Å². The fraction of sp³-hybridized carbons (Fsp3) is 0.250. The summed E-state index contributed by atoms with van der Waals surface area (Å²) >= 11 is 1.45. The van der Waals surface area contributed by atoms with Crippen LogP contribution in [0.5, 0.6) is 0 Å². The van der Waals surface area contributed by atoms with Crippen LogP contribution in [0.3, 0.4) is 0 Å². The number of benzene rings is 1. The maximum absolute atomic E-state index is 11.8. The molecule has 1 atom stereocenters. The number of carbonyl (C=O) groups excluding carboxylic acids is 2. The monoisotopic (exact) mass is 317 g/mol. The van der Waals surface area contributed by atoms with Gasteiger partial charge in [-0.3, -0.25) is 9.59 Å². The zero-order valence-corrected chi connectivity index (χ0v) is 13.2. The summed E-state index contributed by atoms with van der Waals surface area (Å²) in [5.41, 5.74) is 1.59. The van der Waals surface area contributed by atoms with Gasteiger partial charge in [-0.15, -0.1) is 0 Å². The number of anilines is 1. The number of para-hydroxylation sites is 1. The van der Waals surface area contributed by atoms with Crippen molar-refractivity contribution >= 4 is 28.8 Å². The largest absolute Gasteiger partial charge is 0.383 e. The van der Waals surface area contributed by atoms with Crippen molar-refractivity contribution in [3.05, 3.63) is 52.7 Å². The molecule has 0 aliphatic rings. The molecule has 0 aliphatic heterocycles. The summed E-state index contributed by atoms with van der Waals surface area (Å²) in [6.07, 6.45) is 0. The van der Waals surface area contributed by atoms with Gasteiger partial charge in [0, 0.05) is 29.2 Å². The van der Waals surface area contributed by atoms with Crippen molar-refractivity contribution in [1.29, 1.82) is 0 Å². The summed E-state index contributed by atoms with van der Waals surface area (Å²) in [7, 11) is 0. The van der Waals surface area contributed by atoms with Crippen molar-refractivity contribution in [2.24, 2.45) is 0 Å². The summed E-state index contributed by atoms with van der Waals surface area (Å²) in [6.45, 7) is 2.51. The lowest BCUT2D eigenvalue weighted by molar-refractivity contribution is -0.120. The molecule has 0 spiro atoms. The zero-order chi connectivity index (χ0) is 15.8. The first-order valence-corrected chi connectivity index (χ1v) is 7.98. The fourth-order valence-corrected chi connectivity index (χ4v) is 2.50. The standard InChI is InChI=1S/C16H19N3O2S/c1-12(9-17-14-5-3-2-4-6-14)19-15(20)10-18-16(21)13-7-8-22-11-13/h2-8,11-12,17H,9-10H2,1H3,(H,18,21)(H,19,20)/t12-/m1/s1. The van der Waals surface area contributed by atoms with Gasteiger partial charge in [-0.25, -0.2) is 0 Å². The van der Waals surface area contributed by atoms with Gasteiger partial charge in [0.05, 0.1) is 6.54 Å². The Hall–Kier alpha value is -2.34. The van der Waals surface area contributed by atoms with Gasteiger partial charge in [0.1, 0.15) is 0 Å². The van der Waals surface area contributed by atoms with Crippen molar-refractivity contribution < 1.29 is 9.59 Å². The molecule has 116 valence electrons. The van der Waals surface area contributed by atoms with E-state index in [0.717, 1.165) is 5.69 Å². The van der Waals surface area contributed by atoms with Crippen molar-refractivity contribution in [3.8, 4) is 0 Å². The summed E-state index contributed by atoms with van der Waals surface area (Å²) in [6, 6.07) is 11.5. The minimum Gasteiger partial charge on any atom is -0.383 e. The highest BCUT2D eigenvalue weighted by Gasteiger charge is 2.10. The van der Waals surface area contributed by atoms with Crippen LogP contribution in [0.1, 0.15) is 17.3 Å². The molecule has 2 aromatic rings. The average Bonchev–Trinajstić information content (AvgIpc) is 3.06. The molecule has 0 bridgehead atoms. The molecule has 1 aromatic heterocycles. The van der Waals surface area contributed by atoms with E-state index in [-0.39, 0.29) is 24.4 Å². The molecule has 0 fully saturated rings. The van der Waals surface area contributed by atoms with E-state index in [1.54, 1.807) is 11.4 Å². The molecule has 1 aromatic carbocycles. The lowest BCUT2D eigenvalue weighted by Gasteiger charge is -2.15. The fourth-order valence-electron chi connectivity index (χ4n) is 1.86. The molecule has 0 saturated heterocycles. The molecule has 2 amide bonds.